The highest BCUT2D eigenvalue weighted by Gasteiger charge is 2.23. The molecule has 2 amide bonds. The minimum Gasteiger partial charge on any atom is -0.336 e. The molecule has 0 aromatic heterocycles. The van der Waals surface area contributed by atoms with Crippen molar-refractivity contribution in [3.05, 3.63) is 65.2 Å². The van der Waals surface area contributed by atoms with Crippen molar-refractivity contribution in [1.82, 2.24) is 9.80 Å². The molecule has 5 heteroatoms. The Kier molecular flexibility index (Phi) is 5.95. The monoisotopic (exact) mass is 391 g/mol. The first-order chi connectivity index (χ1) is 14.1. The van der Waals surface area contributed by atoms with Crippen molar-refractivity contribution in [2.75, 3.05) is 37.6 Å². The Morgan fingerprint density at radius 1 is 0.931 bits per heavy atom. The molecule has 2 fully saturated rings. The van der Waals surface area contributed by atoms with Crippen LogP contribution in [-0.4, -0.2) is 54.3 Å². The first-order valence-electron chi connectivity index (χ1n) is 10.6. The van der Waals surface area contributed by atoms with Gasteiger partial charge in [-0.05, 0) is 49.6 Å². The zero-order chi connectivity index (χ0) is 20.2. The van der Waals surface area contributed by atoms with E-state index in [9.17, 15) is 9.59 Å². The molecule has 0 aliphatic carbocycles. The fourth-order valence-corrected chi connectivity index (χ4v) is 4.22. The number of anilines is 1. The molecular weight excluding hydrogens is 362 g/mol. The molecule has 0 atom stereocenters. The molecule has 2 aliphatic rings. The van der Waals surface area contributed by atoms with E-state index in [1.807, 2.05) is 34.1 Å². The van der Waals surface area contributed by atoms with Gasteiger partial charge in [-0.1, -0.05) is 29.8 Å². The minimum atomic E-state index is 0.0803. The number of benzene rings is 2. The van der Waals surface area contributed by atoms with Gasteiger partial charge < -0.3 is 9.80 Å². The number of aryl methyl sites for hydroxylation is 1. The number of hydrogen-bond donors (Lipinski definition) is 0. The molecule has 152 valence electrons. The molecule has 0 saturated carbocycles. The van der Waals surface area contributed by atoms with Crippen LogP contribution in [0.3, 0.4) is 0 Å². The fraction of sp³-hybridized carbons (Fsp3) is 0.417. The molecule has 5 nitrogen and oxygen atoms in total. The molecule has 2 aliphatic heterocycles. The maximum Gasteiger partial charge on any atom is 0.253 e. The number of rotatable bonds is 4. The summed E-state index contributed by atoms with van der Waals surface area (Å²) in [6.07, 6.45) is 2.63. The summed E-state index contributed by atoms with van der Waals surface area (Å²) in [4.78, 5) is 31.2. The third-order valence-electron chi connectivity index (χ3n) is 5.90. The summed E-state index contributed by atoms with van der Waals surface area (Å²) in [6.45, 7) is 7.10. The van der Waals surface area contributed by atoms with Gasteiger partial charge in [-0.25, -0.2) is 0 Å². The van der Waals surface area contributed by atoms with Crippen molar-refractivity contribution < 1.29 is 9.59 Å². The maximum absolute atomic E-state index is 12.9. The average molecular weight is 392 g/mol. The summed E-state index contributed by atoms with van der Waals surface area (Å²) in [5.74, 6) is 0.261. The standard InChI is InChI=1S/C24H29N3O2/c1-19-5-4-6-20(17-19)18-25-13-15-26(16-14-25)24(29)21-8-10-22(11-9-21)27-12-3-2-7-23(27)28/h4-6,8-11,17H,2-3,7,12-16,18H2,1H3. The van der Waals surface area contributed by atoms with Crippen molar-refractivity contribution in [1.29, 1.82) is 0 Å². The summed E-state index contributed by atoms with van der Waals surface area (Å²) >= 11 is 0. The zero-order valence-electron chi connectivity index (χ0n) is 17.1. The lowest BCUT2D eigenvalue weighted by Gasteiger charge is -2.35. The van der Waals surface area contributed by atoms with Gasteiger partial charge in [0.1, 0.15) is 0 Å². The van der Waals surface area contributed by atoms with E-state index in [1.165, 1.54) is 11.1 Å². The van der Waals surface area contributed by atoms with E-state index in [0.717, 1.165) is 57.8 Å². The predicted octanol–water partition coefficient (Wildman–Crippen LogP) is 3.47. The van der Waals surface area contributed by atoms with E-state index in [0.29, 0.717) is 12.0 Å². The number of carbonyl (C=O) groups is 2. The van der Waals surface area contributed by atoms with Crippen LogP contribution >= 0.6 is 0 Å². The second-order valence-electron chi connectivity index (χ2n) is 8.11. The Hall–Kier alpha value is -2.66. The van der Waals surface area contributed by atoms with Gasteiger partial charge in [0.05, 0.1) is 0 Å². The number of piperazine rings is 1. The summed E-state index contributed by atoms with van der Waals surface area (Å²) < 4.78 is 0. The summed E-state index contributed by atoms with van der Waals surface area (Å²) in [5, 5.41) is 0. The Bertz CT molecular complexity index is 870. The largest absolute Gasteiger partial charge is 0.336 e. The topological polar surface area (TPSA) is 43.9 Å². The second kappa shape index (κ2) is 8.78. The van der Waals surface area contributed by atoms with Gasteiger partial charge in [-0.15, -0.1) is 0 Å². The van der Waals surface area contributed by atoms with Crippen LogP contribution in [-0.2, 0) is 11.3 Å². The fourth-order valence-electron chi connectivity index (χ4n) is 4.22. The van der Waals surface area contributed by atoms with E-state index in [4.69, 9.17) is 0 Å². The van der Waals surface area contributed by atoms with Crippen LogP contribution in [0, 0.1) is 6.92 Å². The molecule has 2 heterocycles. The molecule has 0 unspecified atom stereocenters. The van der Waals surface area contributed by atoms with Crippen LogP contribution in [0.1, 0.15) is 40.7 Å². The lowest BCUT2D eigenvalue weighted by atomic mass is 10.1. The minimum absolute atomic E-state index is 0.0803. The van der Waals surface area contributed by atoms with Gasteiger partial charge in [-0.2, -0.15) is 0 Å². The maximum atomic E-state index is 12.9. The van der Waals surface area contributed by atoms with Crippen molar-refractivity contribution >= 4 is 17.5 Å². The normalized spacial score (nSPS) is 18.2. The smallest absolute Gasteiger partial charge is 0.253 e. The van der Waals surface area contributed by atoms with Crippen LogP contribution in [0.2, 0.25) is 0 Å². The SMILES string of the molecule is Cc1cccc(CN2CCN(C(=O)c3ccc(N4CCCCC4=O)cc3)CC2)c1. The highest BCUT2D eigenvalue weighted by Crippen LogP contribution is 2.22. The Labute approximate surface area is 172 Å². The molecule has 0 spiro atoms. The number of hydrogen-bond acceptors (Lipinski definition) is 3. The van der Waals surface area contributed by atoms with Crippen molar-refractivity contribution in [3.63, 3.8) is 0 Å². The van der Waals surface area contributed by atoms with Gasteiger partial charge in [-0.3, -0.25) is 14.5 Å². The Morgan fingerprint density at radius 3 is 2.38 bits per heavy atom. The van der Waals surface area contributed by atoms with E-state index in [-0.39, 0.29) is 11.8 Å². The van der Waals surface area contributed by atoms with Gasteiger partial charge in [0.2, 0.25) is 5.91 Å². The molecule has 0 bridgehead atoms. The Balaban J connectivity index is 1.33. The first kappa shape index (κ1) is 19.6. The highest BCUT2D eigenvalue weighted by atomic mass is 16.2. The summed E-state index contributed by atoms with van der Waals surface area (Å²) in [6, 6.07) is 16.1. The van der Waals surface area contributed by atoms with Crippen molar-refractivity contribution in [3.8, 4) is 0 Å². The van der Waals surface area contributed by atoms with E-state index in [1.54, 1.807) is 0 Å². The molecule has 4 rings (SSSR count). The summed E-state index contributed by atoms with van der Waals surface area (Å²) in [5.41, 5.74) is 4.21. The lowest BCUT2D eigenvalue weighted by molar-refractivity contribution is -0.119. The zero-order valence-corrected chi connectivity index (χ0v) is 17.1. The van der Waals surface area contributed by atoms with E-state index in [2.05, 4.69) is 36.1 Å². The van der Waals surface area contributed by atoms with Crippen LogP contribution < -0.4 is 4.90 Å². The molecule has 2 aromatic carbocycles. The van der Waals surface area contributed by atoms with Crippen LogP contribution in [0.25, 0.3) is 0 Å². The molecule has 2 saturated heterocycles. The van der Waals surface area contributed by atoms with Crippen molar-refractivity contribution in [2.24, 2.45) is 0 Å². The predicted molar refractivity (Wildman–Crippen MR) is 115 cm³/mol. The number of piperidine rings is 1. The van der Waals surface area contributed by atoms with Gasteiger partial charge in [0.15, 0.2) is 0 Å². The van der Waals surface area contributed by atoms with Crippen LogP contribution in [0.5, 0.6) is 0 Å². The third-order valence-corrected chi connectivity index (χ3v) is 5.90. The second-order valence-corrected chi connectivity index (χ2v) is 8.11. The number of nitrogens with zero attached hydrogens (tertiary/aromatic N) is 3. The van der Waals surface area contributed by atoms with Gasteiger partial charge >= 0.3 is 0 Å². The lowest BCUT2D eigenvalue weighted by Crippen LogP contribution is -2.48. The molecule has 29 heavy (non-hydrogen) atoms. The number of amides is 2. The van der Waals surface area contributed by atoms with Crippen LogP contribution in [0.4, 0.5) is 5.69 Å². The average Bonchev–Trinajstić information content (AvgIpc) is 2.74. The van der Waals surface area contributed by atoms with E-state index >= 15 is 0 Å². The Morgan fingerprint density at radius 2 is 1.69 bits per heavy atom. The van der Waals surface area contributed by atoms with Crippen molar-refractivity contribution in [2.45, 2.75) is 32.7 Å². The molecule has 0 N–H and O–H groups in total. The third kappa shape index (κ3) is 4.67. The first-order valence-corrected chi connectivity index (χ1v) is 10.6. The molecular formula is C24H29N3O2. The van der Waals surface area contributed by atoms with Gasteiger partial charge in [0, 0.05) is 56.9 Å². The number of carbonyl (C=O) groups excluding carboxylic acids is 2. The van der Waals surface area contributed by atoms with Gasteiger partial charge in [0.25, 0.3) is 5.91 Å². The quantitative estimate of drug-likeness (QED) is 0.802. The summed E-state index contributed by atoms with van der Waals surface area (Å²) in [7, 11) is 0. The highest BCUT2D eigenvalue weighted by molar-refractivity contribution is 5.97. The van der Waals surface area contributed by atoms with Crippen LogP contribution in [0.15, 0.2) is 48.5 Å². The van der Waals surface area contributed by atoms with E-state index < -0.39 is 0 Å². The molecule has 0 radical (unpaired) electrons. The molecule has 2 aromatic rings.